The van der Waals surface area contributed by atoms with Crippen molar-refractivity contribution in [1.82, 2.24) is 9.80 Å². The minimum absolute atomic E-state index is 0.0168. The van der Waals surface area contributed by atoms with E-state index in [0.717, 1.165) is 12.8 Å². The van der Waals surface area contributed by atoms with E-state index < -0.39 is 0 Å². The number of ether oxygens (including phenoxy) is 1. The second-order valence-corrected chi connectivity index (χ2v) is 6.97. The molecule has 0 bridgehead atoms. The normalized spacial score (nSPS) is 21.1. The molecule has 0 saturated carbocycles. The van der Waals surface area contributed by atoms with Gasteiger partial charge in [-0.25, -0.2) is 0 Å². The maximum atomic E-state index is 6.25. The summed E-state index contributed by atoms with van der Waals surface area (Å²) in [5.74, 6) is 0. The highest BCUT2D eigenvalue weighted by atomic mass is 16.5. The van der Waals surface area contributed by atoms with Crippen LogP contribution in [0.3, 0.4) is 0 Å². The van der Waals surface area contributed by atoms with E-state index in [-0.39, 0.29) is 24.3 Å². The average Bonchev–Trinajstić information content (AvgIpc) is 2.37. The van der Waals surface area contributed by atoms with Crippen molar-refractivity contribution in [3.8, 4) is 0 Å². The van der Waals surface area contributed by atoms with Crippen molar-refractivity contribution >= 4 is 0 Å². The fraction of sp³-hybridized carbons (Fsp3) is 1.00. The molecule has 0 fully saturated rings. The molecule has 0 aromatic rings. The third-order valence-corrected chi connectivity index (χ3v) is 4.62. The Hall–Kier alpha value is -0.200. The lowest BCUT2D eigenvalue weighted by atomic mass is 10.0. The molecule has 0 aliphatic rings. The SMILES string of the molecule is CC(OC(C)C(N)CC(C)N(C)C)C(N)CC(C)N(C)C. The van der Waals surface area contributed by atoms with E-state index in [4.69, 9.17) is 16.2 Å². The zero-order valence-electron chi connectivity index (χ0n) is 15.3. The Balaban J connectivity index is 4.26. The second-order valence-electron chi connectivity index (χ2n) is 6.97. The molecule has 0 saturated heterocycles. The number of nitrogens with two attached hydrogens (primary N) is 2. The maximum Gasteiger partial charge on any atom is 0.0702 e. The lowest BCUT2D eigenvalue weighted by molar-refractivity contribution is -0.0250. The summed E-state index contributed by atoms with van der Waals surface area (Å²) in [5, 5.41) is 0. The molecule has 0 aliphatic carbocycles. The number of nitrogens with zero attached hydrogens (tertiary/aromatic N) is 2. The van der Waals surface area contributed by atoms with Gasteiger partial charge in [-0.15, -0.1) is 0 Å². The van der Waals surface area contributed by atoms with Crippen LogP contribution in [0.4, 0.5) is 0 Å². The van der Waals surface area contributed by atoms with Gasteiger partial charge in [0.1, 0.15) is 0 Å². The molecule has 0 rings (SSSR count). The summed E-state index contributed by atoms with van der Waals surface area (Å²) in [5.41, 5.74) is 12.5. The Morgan fingerprint density at radius 2 is 1.00 bits per heavy atom. The van der Waals surface area contributed by atoms with Crippen LogP contribution < -0.4 is 11.5 Å². The fourth-order valence-corrected chi connectivity index (χ4v) is 2.13. The van der Waals surface area contributed by atoms with E-state index in [9.17, 15) is 0 Å². The van der Waals surface area contributed by atoms with Crippen molar-refractivity contribution in [3.63, 3.8) is 0 Å². The van der Waals surface area contributed by atoms with Gasteiger partial charge in [0.15, 0.2) is 0 Å². The highest BCUT2D eigenvalue weighted by Crippen LogP contribution is 2.13. The number of hydrogen-bond acceptors (Lipinski definition) is 5. The zero-order valence-corrected chi connectivity index (χ0v) is 15.3. The van der Waals surface area contributed by atoms with Crippen molar-refractivity contribution < 1.29 is 4.74 Å². The quantitative estimate of drug-likeness (QED) is 0.633. The predicted molar refractivity (Wildman–Crippen MR) is 91.5 cm³/mol. The van der Waals surface area contributed by atoms with Crippen LogP contribution >= 0.6 is 0 Å². The van der Waals surface area contributed by atoms with Crippen LogP contribution in [0.1, 0.15) is 40.5 Å². The molecule has 0 spiro atoms. The molecule has 0 heterocycles. The predicted octanol–water partition coefficient (Wildman–Crippen LogP) is 1.12. The fourth-order valence-electron chi connectivity index (χ4n) is 2.13. The lowest BCUT2D eigenvalue weighted by Gasteiger charge is -2.32. The van der Waals surface area contributed by atoms with E-state index in [0.29, 0.717) is 12.1 Å². The van der Waals surface area contributed by atoms with Crippen molar-refractivity contribution in [3.05, 3.63) is 0 Å². The monoisotopic (exact) mass is 302 g/mol. The largest absolute Gasteiger partial charge is 0.372 e. The molecule has 128 valence electrons. The van der Waals surface area contributed by atoms with Crippen LogP contribution in [0.15, 0.2) is 0 Å². The van der Waals surface area contributed by atoms with Crippen LogP contribution in [0.25, 0.3) is 0 Å². The molecule has 6 unspecified atom stereocenters. The van der Waals surface area contributed by atoms with Crippen LogP contribution in [-0.2, 0) is 4.74 Å². The summed E-state index contributed by atoms with van der Waals surface area (Å²) >= 11 is 0. The Morgan fingerprint density at radius 1 is 0.714 bits per heavy atom. The Labute approximate surface area is 132 Å². The molecule has 0 aromatic carbocycles. The van der Waals surface area contributed by atoms with Gasteiger partial charge >= 0.3 is 0 Å². The average molecular weight is 303 g/mol. The molecule has 5 nitrogen and oxygen atoms in total. The Bertz CT molecular complexity index is 247. The highest BCUT2D eigenvalue weighted by molar-refractivity contribution is 4.80. The summed E-state index contributed by atoms with van der Waals surface area (Å²) in [6.07, 6.45) is 1.88. The van der Waals surface area contributed by atoms with Gasteiger partial charge in [0.25, 0.3) is 0 Å². The standard InChI is InChI=1S/C16H38N4O/c1-11(19(5)6)9-15(17)13(3)21-14(4)16(18)10-12(2)20(7)8/h11-16H,9-10,17-18H2,1-8H3. The van der Waals surface area contributed by atoms with Gasteiger partial charge < -0.3 is 26.0 Å². The Kier molecular flexibility index (Phi) is 9.65. The molecule has 6 atom stereocenters. The minimum atomic E-state index is 0.0168. The third kappa shape index (κ3) is 8.12. The van der Waals surface area contributed by atoms with Crippen LogP contribution in [0, 0.1) is 0 Å². The molecule has 5 heteroatoms. The van der Waals surface area contributed by atoms with E-state index in [1.165, 1.54) is 0 Å². The van der Waals surface area contributed by atoms with E-state index >= 15 is 0 Å². The molecule has 0 amide bonds. The van der Waals surface area contributed by atoms with Crippen molar-refractivity contribution in [2.24, 2.45) is 11.5 Å². The van der Waals surface area contributed by atoms with Gasteiger partial charge in [-0.05, 0) is 68.7 Å². The van der Waals surface area contributed by atoms with Crippen molar-refractivity contribution in [2.45, 2.75) is 76.9 Å². The van der Waals surface area contributed by atoms with Crippen LogP contribution in [0.2, 0.25) is 0 Å². The molecule has 0 radical (unpaired) electrons. The Morgan fingerprint density at radius 3 is 1.24 bits per heavy atom. The van der Waals surface area contributed by atoms with Gasteiger partial charge in [-0.1, -0.05) is 0 Å². The van der Waals surface area contributed by atoms with Gasteiger partial charge in [0, 0.05) is 24.2 Å². The summed E-state index contributed by atoms with van der Waals surface area (Å²) in [7, 11) is 8.29. The highest BCUT2D eigenvalue weighted by Gasteiger charge is 2.23. The van der Waals surface area contributed by atoms with Gasteiger partial charge in [0.2, 0.25) is 0 Å². The first-order chi connectivity index (χ1) is 9.56. The molecule has 0 aromatic heterocycles. The first-order valence-corrected chi connectivity index (χ1v) is 8.05. The molecule has 0 aliphatic heterocycles. The number of rotatable bonds is 10. The van der Waals surface area contributed by atoms with Crippen molar-refractivity contribution in [2.75, 3.05) is 28.2 Å². The van der Waals surface area contributed by atoms with Gasteiger partial charge in [-0.2, -0.15) is 0 Å². The molecule has 4 N–H and O–H groups in total. The smallest absolute Gasteiger partial charge is 0.0702 e. The first-order valence-electron chi connectivity index (χ1n) is 8.05. The van der Waals surface area contributed by atoms with E-state index in [1.807, 2.05) is 13.8 Å². The van der Waals surface area contributed by atoms with Crippen LogP contribution in [-0.4, -0.2) is 74.4 Å². The third-order valence-electron chi connectivity index (χ3n) is 4.62. The van der Waals surface area contributed by atoms with Crippen LogP contribution in [0.5, 0.6) is 0 Å². The van der Waals surface area contributed by atoms with Gasteiger partial charge in [0.05, 0.1) is 12.2 Å². The second kappa shape index (κ2) is 9.74. The first kappa shape index (κ1) is 20.8. The van der Waals surface area contributed by atoms with Crippen molar-refractivity contribution in [1.29, 1.82) is 0 Å². The topological polar surface area (TPSA) is 67.8 Å². The lowest BCUT2D eigenvalue weighted by Crippen LogP contribution is -2.46. The van der Waals surface area contributed by atoms with Gasteiger partial charge in [-0.3, -0.25) is 0 Å². The summed E-state index contributed by atoms with van der Waals surface area (Å²) in [6, 6.07) is 0.958. The summed E-state index contributed by atoms with van der Waals surface area (Å²) in [6.45, 7) is 8.46. The zero-order chi connectivity index (χ0) is 16.7. The number of hydrogen-bond donors (Lipinski definition) is 2. The molecular formula is C16H38N4O. The molecular weight excluding hydrogens is 264 g/mol. The van der Waals surface area contributed by atoms with E-state index in [1.54, 1.807) is 0 Å². The van der Waals surface area contributed by atoms with E-state index in [2.05, 4.69) is 51.8 Å². The molecule has 21 heavy (non-hydrogen) atoms. The maximum absolute atomic E-state index is 6.25. The summed E-state index contributed by atoms with van der Waals surface area (Å²) < 4.78 is 6.05. The minimum Gasteiger partial charge on any atom is -0.372 e. The summed E-state index contributed by atoms with van der Waals surface area (Å²) in [4.78, 5) is 4.36.